The smallest absolute Gasteiger partial charge is 0.239 e. The lowest BCUT2D eigenvalue weighted by Gasteiger charge is -2.27. The largest absolute Gasteiger partial charge is 0.343 e. The van der Waals surface area contributed by atoms with Gasteiger partial charge in [-0.3, -0.25) is 9.48 Å². The van der Waals surface area contributed by atoms with E-state index < -0.39 is 0 Å². The van der Waals surface area contributed by atoms with Gasteiger partial charge in [0, 0.05) is 26.0 Å². The van der Waals surface area contributed by atoms with E-state index in [-0.39, 0.29) is 11.9 Å². The molecule has 1 aliphatic heterocycles. The Bertz CT molecular complexity index is 343. The number of likely N-dealkylation sites (N-methyl/N-ethyl adjacent to an activating group) is 1. The molecule has 1 aromatic rings. The minimum Gasteiger partial charge on any atom is -0.343 e. The van der Waals surface area contributed by atoms with Gasteiger partial charge in [-0.25, -0.2) is 0 Å². The van der Waals surface area contributed by atoms with Crippen molar-refractivity contribution in [3.63, 3.8) is 0 Å². The highest BCUT2D eigenvalue weighted by molar-refractivity contribution is 5.81. The second-order valence-corrected chi connectivity index (χ2v) is 4.53. The minimum atomic E-state index is 0.0198. The van der Waals surface area contributed by atoms with Crippen LogP contribution in [0, 0.1) is 0 Å². The molecule has 5 nitrogen and oxygen atoms in total. The lowest BCUT2D eigenvalue weighted by atomic mass is 10.0. The summed E-state index contributed by atoms with van der Waals surface area (Å²) in [6.07, 6.45) is 6.96. The fourth-order valence-corrected chi connectivity index (χ4v) is 2.12. The highest BCUT2D eigenvalue weighted by Crippen LogP contribution is 2.09. The molecule has 0 aromatic carbocycles. The highest BCUT2D eigenvalue weighted by Gasteiger charge is 2.23. The predicted molar refractivity (Wildman–Crippen MR) is 65.5 cm³/mol. The van der Waals surface area contributed by atoms with Gasteiger partial charge in [-0.05, 0) is 25.5 Å². The average Bonchev–Trinajstić information content (AvgIpc) is 2.89. The molecular formula is C12H20N4O. The van der Waals surface area contributed by atoms with Crippen molar-refractivity contribution in [1.82, 2.24) is 20.0 Å². The average molecular weight is 236 g/mol. The quantitative estimate of drug-likeness (QED) is 0.827. The van der Waals surface area contributed by atoms with Crippen molar-refractivity contribution in [3.05, 3.63) is 18.5 Å². The maximum absolute atomic E-state index is 12.1. The van der Waals surface area contributed by atoms with Gasteiger partial charge in [0.25, 0.3) is 0 Å². The molecule has 2 rings (SSSR count). The van der Waals surface area contributed by atoms with Crippen molar-refractivity contribution in [2.24, 2.45) is 0 Å². The van der Waals surface area contributed by atoms with Crippen LogP contribution in [0.3, 0.4) is 0 Å². The third-order valence-electron chi connectivity index (χ3n) is 3.21. The zero-order valence-electron chi connectivity index (χ0n) is 10.3. The molecule has 2 heterocycles. The Kier molecular flexibility index (Phi) is 4.14. The lowest BCUT2D eigenvalue weighted by molar-refractivity contribution is -0.132. The van der Waals surface area contributed by atoms with E-state index in [1.54, 1.807) is 11.1 Å². The molecular weight excluding hydrogens is 216 g/mol. The van der Waals surface area contributed by atoms with Crippen molar-refractivity contribution in [1.29, 1.82) is 0 Å². The van der Waals surface area contributed by atoms with Crippen molar-refractivity contribution in [2.45, 2.75) is 31.8 Å². The standard InChI is InChI=1S/C12H20N4O/c1-15(9-10-16-8-4-7-14-16)12(17)11-5-2-3-6-13-11/h4,7-8,11,13H,2-3,5-6,9-10H2,1H3/t11-/m1/s1. The van der Waals surface area contributed by atoms with Gasteiger partial charge in [0.05, 0.1) is 12.6 Å². The lowest BCUT2D eigenvalue weighted by Crippen LogP contribution is -2.47. The number of hydrogen-bond acceptors (Lipinski definition) is 3. The van der Waals surface area contributed by atoms with E-state index >= 15 is 0 Å². The van der Waals surface area contributed by atoms with Gasteiger partial charge in [-0.15, -0.1) is 0 Å². The molecule has 1 aliphatic rings. The van der Waals surface area contributed by atoms with Gasteiger partial charge in [-0.1, -0.05) is 6.42 Å². The van der Waals surface area contributed by atoms with Crippen LogP contribution in [0.25, 0.3) is 0 Å². The Balaban J connectivity index is 1.78. The predicted octanol–water partition coefficient (Wildman–Crippen LogP) is 0.484. The van der Waals surface area contributed by atoms with Crippen LogP contribution in [0.4, 0.5) is 0 Å². The van der Waals surface area contributed by atoms with E-state index in [1.165, 1.54) is 6.42 Å². The van der Waals surface area contributed by atoms with Gasteiger partial charge in [0.15, 0.2) is 0 Å². The van der Waals surface area contributed by atoms with E-state index in [0.717, 1.165) is 25.9 Å². The van der Waals surface area contributed by atoms with Crippen LogP contribution in [0.5, 0.6) is 0 Å². The van der Waals surface area contributed by atoms with Crippen LogP contribution in [-0.2, 0) is 11.3 Å². The van der Waals surface area contributed by atoms with Crippen LogP contribution >= 0.6 is 0 Å². The molecule has 1 aromatic heterocycles. The van der Waals surface area contributed by atoms with Crippen LogP contribution < -0.4 is 5.32 Å². The number of nitrogens with one attached hydrogen (secondary N) is 1. The number of piperidine rings is 1. The first-order valence-electron chi connectivity index (χ1n) is 6.23. The summed E-state index contributed by atoms with van der Waals surface area (Å²) in [6.45, 7) is 2.42. The molecule has 1 fully saturated rings. The van der Waals surface area contributed by atoms with Gasteiger partial charge in [0.2, 0.25) is 5.91 Å². The molecule has 0 saturated carbocycles. The van der Waals surface area contributed by atoms with Crippen molar-refractivity contribution in [2.75, 3.05) is 20.1 Å². The van der Waals surface area contributed by atoms with E-state index in [1.807, 2.05) is 24.0 Å². The molecule has 1 N–H and O–H groups in total. The number of rotatable bonds is 4. The number of carbonyl (C=O) groups is 1. The summed E-state index contributed by atoms with van der Waals surface area (Å²) in [7, 11) is 1.86. The van der Waals surface area contributed by atoms with Crippen LogP contribution in [-0.4, -0.2) is 46.8 Å². The van der Waals surface area contributed by atoms with Gasteiger partial charge in [0.1, 0.15) is 0 Å². The van der Waals surface area contributed by atoms with E-state index in [4.69, 9.17) is 0 Å². The number of hydrogen-bond donors (Lipinski definition) is 1. The molecule has 1 saturated heterocycles. The third-order valence-corrected chi connectivity index (χ3v) is 3.21. The molecule has 0 bridgehead atoms. The molecule has 0 aliphatic carbocycles. The Morgan fingerprint density at radius 3 is 3.12 bits per heavy atom. The zero-order chi connectivity index (χ0) is 12.1. The molecule has 5 heteroatoms. The highest BCUT2D eigenvalue weighted by atomic mass is 16.2. The van der Waals surface area contributed by atoms with E-state index in [9.17, 15) is 4.79 Å². The summed E-state index contributed by atoms with van der Waals surface area (Å²) >= 11 is 0. The molecule has 1 atom stereocenters. The maximum atomic E-state index is 12.1. The Morgan fingerprint density at radius 1 is 1.59 bits per heavy atom. The van der Waals surface area contributed by atoms with Crippen LogP contribution in [0.15, 0.2) is 18.5 Å². The Labute approximate surface area is 102 Å². The first-order valence-corrected chi connectivity index (χ1v) is 6.23. The van der Waals surface area contributed by atoms with Crippen LogP contribution in [0.1, 0.15) is 19.3 Å². The third kappa shape index (κ3) is 3.30. The topological polar surface area (TPSA) is 50.2 Å². The summed E-state index contributed by atoms with van der Waals surface area (Å²) in [4.78, 5) is 13.9. The van der Waals surface area contributed by atoms with Crippen LogP contribution in [0.2, 0.25) is 0 Å². The van der Waals surface area contributed by atoms with E-state index in [2.05, 4.69) is 10.4 Å². The summed E-state index contributed by atoms with van der Waals surface area (Å²) in [5.41, 5.74) is 0. The summed E-state index contributed by atoms with van der Waals surface area (Å²) in [5.74, 6) is 0.205. The molecule has 0 spiro atoms. The number of aromatic nitrogens is 2. The van der Waals surface area contributed by atoms with Gasteiger partial charge >= 0.3 is 0 Å². The summed E-state index contributed by atoms with van der Waals surface area (Å²) in [6, 6.07) is 1.91. The monoisotopic (exact) mass is 236 g/mol. The maximum Gasteiger partial charge on any atom is 0.239 e. The Hall–Kier alpha value is -1.36. The summed E-state index contributed by atoms with van der Waals surface area (Å²) < 4.78 is 1.85. The van der Waals surface area contributed by atoms with E-state index in [0.29, 0.717) is 6.54 Å². The van der Waals surface area contributed by atoms with Gasteiger partial charge < -0.3 is 10.2 Å². The second kappa shape index (κ2) is 5.82. The number of nitrogens with zero attached hydrogens (tertiary/aromatic N) is 3. The number of amides is 1. The van der Waals surface area contributed by atoms with Gasteiger partial charge in [-0.2, -0.15) is 5.10 Å². The number of carbonyl (C=O) groups excluding carboxylic acids is 1. The Morgan fingerprint density at radius 2 is 2.47 bits per heavy atom. The van der Waals surface area contributed by atoms with Crippen molar-refractivity contribution >= 4 is 5.91 Å². The first-order chi connectivity index (χ1) is 8.27. The SMILES string of the molecule is CN(CCn1cccn1)C(=O)[C@H]1CCCCN1. The molecule has 0 radical (unpaired) electrons. The molecule has 1 amide bonds. The molecule has 17 heavy (non-hydrogen) atoms. The first kappa shape index (κ1) is 12.1. The summed E-state index contributed by atoms with van der Waals surface area (Å²) in [5, 5.41) is 7.40. The molecule has 0 unspecified atom stereocenters. The fraction of sp³-hybridized carbons (Fsp3) is 0.667. The normalized spacial score (nSPS) is 20.2. The minimum absolute atomic E-state index is 0.0198. The van der Waals surface area contributed by atoms with Crippen molar-refractivity contribution < 1.29 is 4.79 Å². The molecule has 94 valence electrons. The van der Waals surface area contributed by atoms with Crippen molar-refractivity contribution in [3.8, 4) is 0 Å². The second-order valence-electron chi connectivity index (χ2n) is 4.53. The fourth-order valence-electron chi connectivity index (χ4n) is 2.12. The zero-order valence-corrected chi connectivity index (χ0v) is 10.3.